The van der Waals surface area contributed by atoms with E-state index in [0.717, 1.165) is 0 Å². The SMILES string of the molecule is CCOC(=O)c1ncn(CCNC(N)=O)c1N. The Kier molecular flexibility index (Phi) is 4.32. The molecule has 0 unspecified atom stereocenters. The van der Waals surface area contributed by atoms with E-state index in [4.69, 9.17) is 16.2 Å². The van der Waals surface area contributed by atoms with E-state index in [1.54, 1.807) is 6.92 Å². The first-order valence-corrected chi connectivity index (χ1v) is 5.07. The topological polar surface area (TPSA) is 125 Å². The van der Waals surface area contributed by atoms with Crippen LogP contribution in [0.1, 0.15) is 17.4 Å². The van der Waals surface area contributed by atoms with Gasteiger partial charge in [0, 0.05) is 13.1 Å². The molecule has 5 N–H and O–H groups in total. The number of urea groups is 1. The van der Waals surface area contributed by atoms with Crippen LogP contribution in [-0.4, -0.2) is 34.7 Å². The second kappa shape index (κ2) is 5.73. The minimum absolute atomic E-state index is 0.0749. The summed E-state index contributed by atoms with van der Waals surface area (Å²) in [5.74, 6) is -0.360. The molecule has 1 heterocycles. The number of amides is 2. The molecular weight excluding hydrogens is 226 g/mol. The molecule has 0 bridgehead atoms. The van der Waals surface area contributed by atoms with E-state index in [1.165, 1.54) is 10.9 Å². The fraction of sp³-hybridized carbons (Fsp3) is 0.444. The first-order chi connectivity index (χ1) is 8.06. The molecule has 0 spiro atoms. The van der Waals surface area contributed by atoms with Crippen LogP contribution in [0.15, 0.2) is 6.33 Å². The number of nitrogens with one attached hydrogen (secondary N) is 1. The Bertz CT molecular complexity index is 415. The zero-order valence-electron chi connectivity index (χ0n) is 9.47. The number of carbonyl (C=O) groups is 2. The summed E-state index contributed by atoms with van der Waals surface area (Å²) in [5.41, 5.74) is 10.7. The molecule has 0 atom stereocenters. The molecule has 0 aliphatic heterocycles. The number of primary amides is 1. The van der Waals surface area contributed by atoms with Crippen molar-refractivity contribution in [1.82, 2.24) is 14.9 Å². The van der Waals surface area contributed by atoms with Crippen molar-refractivity contribution in [2.75, 3.05) is 18.9 Å². The lowest BCUT2D eigenvalue weighted by Gasteiger charge is -2.05. The quantitative estimate of drug-likeness (QED) is 0.588. The molecule has 0 radical (unpaired) electrons. The number of carbonyl (C=O) groups excluding carboxylic acids is 2. The summed E-state index contributed by atoms with van der Waals surface area (Å²) in [6, 6.07) is -0.616. The highest BCUT2D eigenvalue weighted by Gasteiger charge is 2.16. The second-order valence-corrected chi connectivity index (χ2v) is 3.18. The number of imidazole rings is 1. The van der Waals surface area contributed by atoms with Gasteiger partial charge in [-0.05, 0) is 6.92 Å². The van der Waals surface area contributed by atoms with Crippen molar-refractivity contribution in [3.05, 3.63) is 12.0 Å². The van der Waals surface area contributed by atoms with Gasteiger partial charge in [-0.25, -0.2) is 14.6 Å². The molecule has 8 nitrogen and oxygen atoms in total. The van der Waals surface area contributed by atoms with E-state index in [2.05, 4.69) is 10.3 Å². The molecule has 1 rings (SSSR count). The van der Waals surface area contributed by atoms with Crippen LogP contribution in [0.3, 0.4) is 0 Å². The lowest BCUT2D eigenvalue weighted by molar-refractivity contribution is 0.0521. The minimum atomic E-state index is -0.616. The highest BCUT2D eigenvalue weighted by molar-refractivity contribution is 5.92. The van der Waals surface area contributed by atoms with E-state index < -0.39 is 12.0 Å². The highest BCUT2D eigenvalue weighted by Crippen LogP contribution is 2.10. The van der Waals surface area contributed by atoms with Crippen molar-refractivity contribution in [1.29, 1.82) is 0 Å². The Hall–Kier alpha value is -2.25. The number of ether oxygens (including phenoxy) is 1. The number of esters is 1. The smallest absolute Gasteiger partial charge is 0.360 e. The van der Waals surface area contributed by atoms with Gasteiger partial charge in [-0.1, -0.05) is 0 Å². The maximum Gasteiger partial charge on any atom is 0.360 e. The normalized spacial score (nSPS) is 9.94. The number of nitrogens with two attached hydrogens (primary N) is 2. The molecule has 1 aromatic rings. The number of nitrogens with zero attached hydrogens (tertiary/aromatic N) is 2. The monoisotopic (exact) mass is 241 g/mol. The average molecular weight is 241 g/mol. The molecule has 94 valence electrons. The number of rotatable bonds is 5. The number of aromatic nitrogens is 2. The summed E-state index contributed by atoms with van der Waals surface area (Å²) in [4.78, 5) is 25.7. The third kappa shape index (κ3) is 3.37. The zero-order chi connectivity index (χ0) is 12.8. The van der Waals surface area contributed by atoms with Gasteiger partial charge in [0.05, 0.1) is 12.9 Å². The lowest BCUT2D eigenvalue weighted by Crippen LogP contribution is -2.32. The number of nitrogen functional groups attached to an aromatic ring is 1. The van der Waals surface area contributed by atoms with Crippen molar-refractivity contribution in [2.45, 2.75) is 13.5 Å². The molecule has 0 aliphatic carbocycles. The van der Waals surface area contributed by atoms with Crippen LogP contribution in [-0.2, 0) is 11.3 Å². The predicted octanol–water partition coefficient (Wildman–Crippen LogP) is -0.690. The standard InChI is InChI=1S/C9H15N5O3/c1-2-17-8(15)6-7(10)14(5-13-6)4-3-12-9(11)16/h5H,2-4,10H2,1H3,(H3,11,12,16). The molecule has 17 heavy (non-hydrogen) atoms. The first kappa shape index (κ1) is 12.8. The van der Waals surface area contributed by atoms with Crippen LogP contribution < -0.4 is 16.8 Å². The third-order valence-corrected chi connectivity index (χ3v) is 2.00. The van der Waals surface area contributed by atoms with Crippen LogP contribution in [0, 0.1) is 0 Å². The molecule has 8 heteroatoms. The van der Waals surface area contributed by atoms with Crippen LogP contribution in [0.25, 0.3) is 0 Å². The summed E-state index contributed by atoms with van der Waals surface area (Å²) >= 11 is 0. The van der Waals surface area contributed by atoms with Gasteiger partial charge in [0.25, 0.3) is 0 Å². The summed E-state index contributed by atoms with van der Waals surface area (Å²) in [5, 5.41) is 2.40. The van der Waals surface area contributed by atoms with Crippen molar-refractivity contribution >= 4 is 17.8 Å². The largest absolute Gasteiger partial charge is 0.461 e. The van der Waals surface area contributed by atoms with Crippen LogP contribution in [0.2, 0.25) is 0 Å². The summed E-state index contributed by atoms with van der Waals surface area (Å²) < 4.78 is 6.31. The maximum absolute atomic E-state index is 11.4. The van der Waals surface area contributed by atoms with Gasteiger partial charge in [0.15, 0.2) is 5.69 Å². The van der Waals surface area contributed by atoms with Gasteiger partial charge in [-0.3, -0.25) is 0 Å². The summed E-state index contributed by atoms with van der Waals surface area (Å²) in [7, 11) is 0. The van der Waals surface area contributed by atoms with Gasteiger partial charge in [-0.15, -0.1) is 0 Å². The Labute approximate surface area is 97.9 Å². The van der Waals surface area contributed by atoms with Crippen LogP contribution in [0.4, 0.5) is 10.6 Å². The number of hydrogen-bond donors (Lipinski definition) is 3. The number of anilines is 1. The Morgan fingerprint density at radius 3 is 2.88 bits per heavy atom. The van der Waals surface area contributed by atoms with Crippen molar-refractivity contribution in [2.24, 2.45) is 5.73 Å². The van der Waals surface area contributed by atoms with Crippen molar-refractivity contribution in [3.8, 4) is 0 Å². The molecular formula is C9H15N5O3. The van der Waals surface area contributed by atoms with Gasteiger partial charge in [0.2, 0.25) is 0 Å². The maximum atomic E-state index is 11.4. The second-order valence-electron chi connectivity index (χ2n) is 3.18. The summed E-state index contributed by atoms with van der Waals surface area (Å²) in [6.45, 7) is 2.63. The molecule has 0 saturated carbocycles. The Balaban J connectivity index is 2.63. The van der Waals surface area contributed by atoms with Gasteiger partial charge < -0.3 is 26.1 Å². The van der Waals surface area contributed by atoms with E-state index in [1.807, 2.05) is 0 Å². The van der Waals surface area contributed by atoms with E-state index in [9.17, 15) is 9.59 Å². The summed E-state index contributed by atoms with van der Waals surface area (Å²) in [6.07, 6.45) is 1.41. The van der Waals surface area contributed by atoms with Crippen LogP contribution >= 0.6 is 0 Å². The fourth-order valence-corrected chi connectivity index (χ4v) is 1.23. The average Bonchev–Trinajstić information content (AvgIpc) is 2.60. The van der Waals surface area contributed by atoms with Crippen molar-refractivity contribution < 1.29 is 14.3 Å². The molecule has 2 amide bonds. The molecule has 0 saturated heterocycles. The van der Waals surface area contributed by atoms with Crippen molar-refractivity contribution in [3.63, 3.8) is 0 Å². The van der Waals surface area contributed by atoms with Gasteiger partial charge in [0.1, 0.15) is 5.82 Å². The first-order valence-electron chi connectivity index (χ1n) is 5.07. The predicted molar refractivity (Wildman–Crippen MR) is 60.2 cm³/mol. The zero-order valence-corrected chi connectivity index (χ0v) is 9.47. The van der Waals surface area contributed by atoms with Gasteiger partial charge in [-0.2, -0.15) is 0 Å². The molecule has 1 aromatic heterocycles. The van der Waals surface area contributed by atoms with E-state index in [-0.39, 0.29) is 18.1 Å². The number of hydrogen-bond acceptors (Lipinski definition) is 5. The molecule has 0 aliphatic rings. The Morgan fingerprint density at radius 1 is 1.59 bits per heavy atom. The Morgan fingerprint density at radius 2 is 2.29 bits per heavy atom. The van der Waals surface area contributed by atoms with E-state index in [0.29, 0.717) is 13.1 Å². The van der Waals surface area contributed by atoms with E-state index >= 15 is 0 Å². The highest BCUT2D eigenvalue weighted by atomic mass is 16.5. The minimum Gasteiger partial charge on any atom is -0.461 e. The lowest BCUT2D eigenvalue weighted by atomic mass is 10.4. The van der Waals surface area contributed by atoms with Gasteiger partial charge >= 0.3 is 12.0 Å². The van der Waals surface area contributed by atoms with Crippen LogP contribution in [0.5, 0.6) is 0 Å². The third-order valence-electron chi connectivity index (χ3n) is 2.00. The molecule has 0 aromatic carbocycles. The fourth-order valence-electron chi connectivity index (χ4n) is 1.23. The molecule has 0 fully saturated rings.